The zero-order valence-electron chi connectivity index (χ0n) is 22.9. The van der Waals surface area contributed by atoms with Gasteiger partial charge in [0.25, 0.3) is 5.91 Å². The van der Waals surface area contributed by atoms with Gasteiger partial charge in [-0.05, 0) is 71.9 Å². The Morgan fingerprint density at radius 1 is 1.18 bits per heavy atom. The van der Waals surface area contributed by atoms with Crippen LogP contribution in [0.3, 0.4) is 0 Å². The van der Waals surface area contributed by atoms with Gasteiger partial charge in [0.15, 0.2) is 6.04 Å². The first kappa shape index (κ1) is 28.2. The fourth-order valence-electron chi connectivity index (χ4n) is 5.44. The molecule has 1 aliphatic carbocycles. The van der Waals surface area contributed by atoms with Gasteiger partial charge in [0.05, 0.1) is 24.9 Å². The van der Waals surface area contributed by atoms with Gasteiger partial charge in [0.2, 0.25) is 5.91 Å². The summed E-state index contributed by atoms with van der Waals surface area (Å²) in [6.07, 6.45) is 9.80. The number of amides is 2. The summed E-state index contributed by atoms with van der Waals surface area (Å²) in [4.78, 5) is 44.7. The molecule has 3 aromatic rings. The van der Waals surface area contributed by atoms with Crippen molar-refractivity contribution in [3.8, 4) is 0 Å². The van der Waals surface area contributed by atoms with Gasteiger partial charge < -0.3 is 15.3 Å². The Morgan fingerprint density at radius 3 is 2.67 bits per heavy atom. The molecular formula is C30H37N5O4S. The lowest BCUT2D eigenvalue weighted by Crippen LogP contribution is -2.54. The first-order valence-corrected chi connectivity index (χ1v) is 15.4. The lowest BCUT2D eigenvalue weighted by molar-refractivity contribution is -0.141. The highest BCUT2D eigenvalue weighted by Crippen LogP contribution is 2.41. The van der Waals surface area contributed by atoms with E-state index in [0.717, 1.165) is 36.9 Å². The number of benzene rings is 2. The van der Waals surface area contributed by atoms with Gasteiger partial charge in [-0.2, -0.15) is 11.8 Å². The molecule has 1 atom stereocenters. The van der Waals surface area contributed by atoms with E-state index in [9.17, 15) is 19.5 Å². The summed E-state index contributed by atoms with van der Waals surface area (Å²) >= 11 is 1.53. The van der Waals surface area contributed by atoms with Crippen LogP contribution in [0.25, 0.3) is 10.8 Å². The number of carbonyl (C=O) groups excluding carboxylic acids is 2. The molecule has 10 heteroatoms. The van der Waals surface area contributed by atoms with Crippen LogP contribution in [0.1, 0.15) is 54.8 Å². The van der Waals surface area contributed by atoms with Gasteiger partial charge in [0.1, 0.15) is 6.33 Å². The minimum atomic E-state index is -1.08. The molecule has 1 saturated heterocycles. The van der Waals surface area contributed by atoms with Crippen LogP contribution >= 0.6 is 11.8 Å². The van der Waals surface area contributed by atoms with Gasteiger partial charge in [-0.15, -0.1) is 0 Å². The van der Waals surface area contributed by atoms with Crippen LogP contribution in [0, 0.1) is 0 Å². The number of imidazole rings is 1. The minimum absolute atomic E-state index is 0.000107. The standard InChI is InChI=1S/C30H37N5O4S/c1-40-13-10-27(30(38)39)35(34-19-25(32-20-34)16-28(36)33-11-4-5-12-33)29(37)18-31-17-24-15-23(21-8-9-21)14-22-6-2-3-7-26(22)24/h2-3,6-7,14-15,19-21,27,31H,4-5,8-13,16-18H2,1H3,(H,38,39). The molecule has 1 unspecified atom stereocenters. The molecule has 2 aromatic carbocycles. The molecule has 0 bridgehead atoms. The fourth-order valence-corrected chi connectivity index (χ4v) is 5.90. The van der Waals surface area contributed by atoms with Crippen LogP contribution in [0.5, 0.6) is 0 Å². The number of rotatable bonds is 13. The van der Waals surface area contributed by atoms with E-state index >= 15 is 0 Å². The number of nitrogens with zero attached hydrogens (tertiary/aromatic N) is 4. The first-order valence-electron chi connectivity index (χ1n) is 14.0. The summed E-state index contributed by atoms with van der Waals surface area (Å²) in [6.45, 7) is 1.96. The predicted octanol–water partition coefficient (Wildman–Crippen LogP) is 3.54. The van der Waals surface area contributed by atoms with Gasteiger partial charge in [-0.3, -0.25) is 9.59 Å². The Bertz CT molecular complexity index is 1370. The molecule has 2 amide bonds. The molecule has 2 fully saturated rings. The number of thioether (sulfide) groups is 1. The Kier molecular flexibility index (Phi) is 9.06. The number of carboxylic acid groups (broad SMARTS) is 1. The molecule has 1 saturated carbocycles. The average molecular weight is 564 g/mol. The van der Waals surface area contributed by atoms with Crippen molar-refractivity contribution in [2.75, 3.05) is 36.7 Å². The highest BCUT2D eigenvalue weighted by Gasteiger charge is 2.31. The van der Waals surface area contributed by atoms with Crippen molar-refractivity contribution in [2.45, 2.75) is 57.0 Å². The summed E-state index contributed by atoms with van der Waals surface area (Å²) < 4.78 is 1.44. The first-order chi connectivity index (χ1) is 19.4. The van der Waals surface area contributed by atoms with Crippen LogP contribution in [0.2, 0.25) is 0 Å². The summed E-state index contributed by atoms with van der Waals surface area (Å²) in [7, 11) is 0. The molecule has 212 valence electrons. The van der Waals surface area contributed by atoms with E-state index in [2.05, 4.69) is 34.6 Å². The second kappa shape index (κ2) is 12.9. The van der Waals surface area contributed by atoms with E-state index in [1.807, 2.05) is 23.3 Å². The molecule has 1 aliphatic heterocycles. The Labute approximate surface area is 238 Å². The Balaban J connectivity index is 1.32. The summed E-state index contributed by atoms with van der Waals surface area (Å²) in [6, 6.07) is 11.7. The quantitative estimate of drug-likeness (QED) is 0.328. The second-order valence-electron chi connectivity index (χ2n) is 10.7. The monoisotopic (exact) mass is 563 g/mol. The van der Waals surface area contributed by atoms with E-state index in [1.54, 1.807) is 6.20 Å². The number of aliphatic carboxylic acids is 1. The zero-order chi connectivity index (χ0) is 28.1. The van der Waals surface area contributed by atoms with Crippen molar-refractivity contribution in [1.29, 1.82) is 0 Å². The Morgan fingerprint density at radius 2 is 1.95 bits per heavy atom. The molecule has 2 aliphatic rings. The molecule has 1 aromatic heterocycles. The van der Waals surface area contributed by atoms with Crippen molar-refractivity contribution in [3.05, 3.63) is 65.7 Å². The summed E-state index contributed by atoms with van der Waals surface area (Å²) in [5.74, 6) is -0.246. The van der Waals surface area contributed by atoms with Gasteiger partial charge in [0, 0.05) is 19.6 Å². The van der Waals surface area contributed by atoms with Crippen molar-refractivity contribution < 1.29 is 19.5 Å². The average Bonchev–Trinajstić information content (AvgIpc) is 3.45. The van der Waals surface area contributed by atoms with Gasteiger partial charge in [-0.1, -0.05) is 36.4 Å². The topological polar surface area (TPSA) is 108 Å². The maximum absolute atomic E-state index is 13.6. The van der Waals surface area contributed by atoms with Crippen molar-refractivity contribution >= 4 is 40.3 Å². The predicted molar refractivity (Wildman–Crippen MR) is 157 cm³/mol. The number of likely N-dealkylation sites (tertiary alicyclic amines) is 1. The second-order valence-corrected chi connectivity index (χ2v) is 11.6. The van der Waals surface area contributed by atoms with Gasteiger partial charge in [-0.25, -0.2) is 19.5 Å². The fraction of sp³-hybridized carbons (Fsp3) is 0.467. The third-order valence-electron chi connectivity index (χ3n) is 7.70. The number of carboxylic acids is 1. The highest BCUT2D eigenvalue weighted by molar-refractivity contribution is 7.98. The molecular weight excluding hydrogens is 526 g/mol. The summed E-state index contributed by atoms with van der Waals surface area (Å²) in [5.41, 5.74) is 2.97. The lowest BCUT2D eigenvalue weighted by Gasteiger charge is -2.29. The summed E-state index contributed by atoms with van der Waals surface area (Å²) in [5, 5.41) is 16.9. The molecule has 9 nitrogen and oxygen atoms in total. The SMILES string of the molecule is CSCCC(C(=O)O)N(C(=O)CNCc1cc(C2CC2)cc2ccccc12)n1cnc(CC(=O)N2CCCC2)c1. The van der Waals surface area contributed by atoms with E-state index in [-0.39, 0.29) is 31.2 Å². The van der Waals surface area contributed by atoms with Crippen molar-refractivity contribution in [3.63, 3.8) is 0 Å². The van der Waals surface area contributed by atoms with Crippen LogP contribution in [0.15, 0.2) is 48.9 Å². The van der Waals surface area contributed by atoms with E-state index < -0.39 is 12.0 Å². The van der Waals surface area contributed by atoms with Crippen LogP contribution in [0.4, 0.5) is 0 Å². The third-order valence-corrected chi connectivity index (χ3v) is 8.35. The molecule has 5 rings (SSSR count). The molecule has 40 heavy (non-hydrogen) atoms. The number of carbonyl (C=O) groups is 3. The number of nitrogens with one attached hydrogen (secondary N) is 1. The molecule has 2 heterocycles. The van der Waals surface area contributed by atoms with Crippen LogP contribution in [-0.2, 0) is 27.3 Å². The highest BCUT2D eigenvalue weighted by atomic mass is 32.2. The van der Waals surface area contributed by atoms with Gasteiger partial charge >= 0.3 is 5.97 Å². The van der Waals surface area contributed by atoms with Crippen molar-refractivity contribution in [1.82, 2.24) is 19.9 Å². The zero-order valence-corrected chi connectivity index (χ0v) is 23.7. The van der Waals surface area contributed by atoms with Crippen LogP contribution in [-0.4, -0.2) is 75.1 Å². The normalized spacial score (nSPS) is 15.9. The van der Waals surface area contributed by atoms with Crippen molar-refractivity contribution in [2.24, 2.45) is 0 Å². The minimum Gasteiger partial charge on any atom is -0.480 e. The largest absolute Gasteiger partial charge is 0.480 e. The number of fused-ring (bicyclic) bond motifs is 1. The number of hydrogen-bond donors (Lipinski definition) is 2. The number of hydrogen-bond acceptors (Lipinski definition) is 6. The third kappa shape index (κ3) is 6.67. The van der Waals surface area contributed by atoms with E-state index in [4.69, 9.17) is 0 Å². The number of aromatic nitrogens is 2. The maximum atomic E-state index is 13.6. The maximum Gasteiger partial charge on any atom is 0.328 e. The van der Waals surface area contributed by atoms with Crippen LogP contribution < -0.4 is 10.3 Å². The smallest absolute Gasteiger partial charge is 0.328 e. The Hall–Kier alpha value is -3.37. The van der Waals surface area contributed by atoms with E-state index in [1.165, 1.54) is 51.6 Å². The molecule has 2 N–H and O–H groups in total. The molecule has 0 spiro atoms. The lowest BCUT2D eigenvalue weighted by atomic mass is 9.98. The molecule has 0 radical (unpaired) electrons. The van der Waals surface area contributed by atoms with E-state index in [0.29, 0.717) is 23.9 Å².